The first kappa shape index (κ1) is 14.3. The molecule has 1 aromatic heterocycles. The lowest BCUT2D eigenvalue weighted by Gasteiger charge is -2.07. The van der Waals surface area contributed by atoms with Crippen molar-refractivity contribution in [1.82, 2.24) is 15.0 Å². The lowest BCUT2D eigenvalue weighted by molar-refractivity contribution is 0.103. The topological polar surface area (TPSA) is 57.0 Å². The largest absolute Gasteiger partial charge is 0.494 e. The molecule has 2 aromatic carbocycles. The van der Waals surface area contributed by atoms with Crippen LogP contribution in [0.2, 0.25) is 5.02 Å². The predicted molar refractivity (Wildman–Crippen MR) is 82.8 cm³/mol. The summed E-state index contributed by atoms with van der Waals surface area (Å²) in [6, 6.07) is 14.1. The van der Waals surface area contributed by atoms with Crippen LogP contribution in [0.15, 0.2) is 54.7 Å². The molecule has 0 N–H and O–H groups in total. The Morgan fingerprint density at radius 2 is 1.95 bits per heavy atom. The standard InChI is InChI=1S/C16H12ClN3O2/c1-22-15-8-7-12(17)9-14(15)20-10-13(18-19-20)16(21)11-5-3-2-4-6-11/h2-10H,1H3. The van der Waals surface area contributed by atoms with E-state index in [1.807, 2.05) is 6.07 Å². The fourth-order valence-electron chi connectivity index (χ4n) is 2.07. The summed E-state index contributed by atoms with van der Waals surface area (Å²) >= 11 is 6.00. The van der Waals surface area contributed by atoms with Gasteiger partial charge in [0.2, 0.25) is 5.78 Å². The first-order chi connectivity index (χ1) is 10.7. The van der Waals surface area contributed by atoms with E-state index in [0.29, 0.717) is 22.0 Å². The molecule has 0 fully saturated rings. The van der Waals surface area contributed by atoms with Gasteiger partial charge in [-0.05, 0) is 18.2 Å². The number of ether oxygens (including phenoxy) is 1. The minimum atomic E-state index is -0.187. The van der Waals surface area contributed by atoms with Crippen molar-refractivity contribution in [3.8, 4) is 11.4 Å². The van der Waals surface area contributed by atoms with E-state index in [4.69, 9.17) is 16.3 Å². The summed E-state index contributed by atoms with van der Waals surface area (Å²) in [7, 11) is 1.56. The molecule has 3 aromatic rings. The van der Waals surface area contributed by atoms with Crippen LogP contribution >= 0.6 is 11.6 Å². The second-order valence-electron chi connectivity index (χ2n) is 4.56. The van der Waals surface area contributed by atoms with Crippen LogP contribution in [0, 0.1) is 0 Å². The van der Waals surface area contributed by atoms with E-state index >= 15 is 0 Å². The molecule has 0 aliphatic rings. The number of carbonyl (C=O) groups excluding carboxylic acids is 1. The zero-order valence-electron chi connectivity index (χ0n) is 11.7. The second-order valence-corrected chi connectivity index (χ2v) is 5.00. The molecule has 0 spiro atoms. The van der Waals surface area contributed by atoms with Crippen LogP contribution in [0.25, 0.3) is 5.69 Å². The van der Waals surface area contributed by atoms with Gasteiger partial charge in [-0.2, -0.15) is 0 Å². The van der Waals surface area contributed by atoms with Crippen molar-refractivity contribution in [2.45, 2.75) is 0 Å². The summed E-state index contributed by atoms with van der Waals surface area (Å²) in [5.41, 5.74) is 1.44. The van der Waals surface area contributed by atoms with Gasteiger partial charge in [-0.15, -0.1) is 5.10 Å². The van der Waals surface area contributed by atoms with E-state index in [2.05, 4.69) is 10.3 Å². The third-order valence-corrected chi connectivity index (χ3v) is 3.38. The summed E-state index contributed by atoms with van der Waals surface area (Å²) in [6.07, 6.45) is 1.56. The maximum Gasteiger partial charge on any atom is 0.214 e. The van der Waals surface area contributed by atoms with Gasteiger partial charge < -0.3 is 4.74 Å². The van der Waals surface area contributed by atoms with Crippen LogP contribution in [0.4, 0.5) is 0 Å². The van der Waals surface area contributed by atoms with Gasteiger partial charge in [-0.3, -0.25) is 4.79 Å². The van der Waals surface area contributed by atoms with E-state index in [9.17, 15) is 4.79 Å². The van der Waals surface area contributed by atoms with E-state index < -0.39 is 0 Å². The summed E-state index contributed by atoms with van der Waals surface area (Å²) in [5.74, 6) is 0.404. The maximum absolute atomic E-state index is 12.3. The highest BCUT2D eigenvalue weighted by Gasteiger charge is 2.15. The van der Waals surface area contributed by atoms with Crippen LogP contribution in [-0.4, -0.2) is 27.9 Å². The molecule has 110 valence electrons. The monoisotopic (exact) mass is 313 g/mol. The van der Waals surface area contributed by atoms with Crippen molar-refractivity contribution in [2.75, 3.05) is 7.11 Å². The third-order valence-electron chi connectivity index (χ3n) is 3.15. The Morgan fingerprint density at radius 3 is 2.68 bits per heavy atom. The molecular weight excluding hydrogens is 302 g/mol. The van der Waals surface area contributed by atoms with E-state index in [1.54, 1.807) is 55.8 Å². The summed E-state index contributed by atoms with van der Waals surface area (Å²) in [6.45, 7) is 0. The zero-order chi connectivity index (χ0) is 15.5. The first-order valence-electron chi connectivity index (χ1n) is 6.55. The highest BCUT2D eigenvalue weighted by Crippen LogP contribution is 2.25. The van der Waals surface area contributed by atoms with Gasteiger partial charge in [-0.25, -0.2) is 4.68 Å². The average molecular weight is 314 g/mol. The van der Waals surface area contributed by atoms with Crippen LogP contribution in [0.1, 0.15) is 16.1 Å². The molecule has 0 atom stereocenters. The number of benzene rings is 2. The number of methoxy groups -OCH3 is 1. The van der Waals surface area contributed by atoms with E-state index in [-0.39, 0.29) is 11.5 Å². The minimum Gasteiger partial charge on any atom is -0.494 e. The van der Waals surface area contributed by atoms with Crippen molar-refractivity contribution in [3.63, 3.8) is 0 Å². The fourth-order valence-corrected chi connectivity index (χ4v) is 2.23. The molecule has 22 heavy (non-hydrogen) atoms. The van der Waals surface area contributed by atoms with E-state index in [1.165, 1.54) is 4.68 Å². The number of halogens is 1. The van der Waals surface area contributed by atoms with Crippen molar-refractivity contribution in [3.05, 3.63) is 71.0 Å². The smallest absolute Gasteiger partial charge is 0.214 e. The Labute approximate surface area is 132 Å². The summed E-state index contributed by atoms with van der Waals surface area (Å²) in [4.78, 5) is 12.3. The highest BCUT2D eigenvalue weighted by atomic mass is 35.5. The van der Waals surface area contributed by atoms with Crippen molar-refractivity contribution >= 4 is 17.4 Å². The molecule has 1 heterocycles. The lowest BCUT2D eigenvalue weighted by Crippen LogP contribution is -2.01. The predicted octanol–water partition coefficient (Wildman–Crippen LogP) is 3.16. The van der Waals surface area contributed by atoms with Gasteiger partial charge in [0, 0.05) is 10.6 Å². The second kappa shape index (κ2) is 5.99. The van der Waals surface area contributed by atoms with Gasteiger partial charge in [0.05, 0.1) is 13.3 Å². The SMILES string of the molecule is COc1ccc(Cl)cc1-n1cc(C(=O)c2ccccc2)nn1. The molecule has 0 amide bonds. The Morgan fingerprint density at radius 1 is 1.18 bits per heavy atom. The van der Waals surface area contributed by atoms with Gasteiger partial charge >= 0.3 is 0 Å². The summed E-state index contributed by atoms with van der Waals surface area (Å²) < 4.78 is 6.75. The maximum atomic E-state index is 12.3. The van der Waals surface area contributed by atoms with Crippen LogP contribution in [0.5, 0.6) is 5.75 Å². The molecule has 3 rings (SSSR count). The first-order valence-corrected chi connectivity index (χ1v) is 6.93. The van der Waals surface area contributed by atoms with Crippen LogP contribution < -0.4 is 4.74 Å². The molecular formula is C16H12ClN3O2. The number of aromatic nitrogens is 3. The lowest BCUT2D eigenvalue weighted by atomic mass is 10.1. The van der Waals surface area contributed by atoms with Crippen LogP contribution in [0.3, 0.4) is 0 Å². The molecule has 0 saturated carbocycles. The number of nitrogens with zero attached hydrogens (tertiary/aromatic N) is 3. The Balaban J connectivity index is 1.98. The molecule has 0 unspecified atom stereocenters. The number of hydrogen-bond acceptors (Lipinski definition) is 4. The molecule has 0 saturated heterocycles. The average Bonchev–Trinajstić information content (AvgIpc) is 3.04. The molecule has 0 aliphatic heterocycles. The molecule has 5 nitrogen and oxygen atoms in total. The van der Waals surface area contributed by atoms with Gasteiger partial charge in [0.1, 0.15) is 11.4 Å². The van der Waals surface area contributed by atoms with Gasteiger partial charge in [0.25, 0.3) is 0 Å². The van der Waals surface area contributed by atoms with Gasteiger partial charge in [-0.1, -0.05) is 47.1 Å². The minimum absolute atomic E-state index is 0.187. The highest BCUT2D eigenvalue weighted by molar-refractivity contribution is 6.30. The fraction of sp³-hybridized carbons (Fsp3) is 0.0625. The van der Waals surface area contributed by atoms with E-state index in [0.717, 1.165) is 0 Å². The summed E-state index contributed by atoms with van der Waals surface area (Å²) in [5, 5.41) is 8.47. The van der Waals surface area contributed by atoms with Gasteiger partial charge in [0.15, 0.2) is 5.69 Å². The van der Waals surface area contributed by atoms with Crippen molar-refractivity contribution < 1.29 is 9.53 Å². The molecule has 0 radical (unpaired) electrons. The van der Waals surface area contributed by atoms with Crippen molar-refractivity contribution in [2.24, 2.45) is 0 Å². The third kappa shape index (κ3) is 2.71. The number of rotatable bonds is 4. The van der Waals surface area contributed by atoms with Crippen molar-refractivity contribution in [1.29, 1.82) is 0 Å². The Bertz CT molecular complexity index is 815. The number of carbonyl (C=O) groups is 1. The molecule has 0 bridgehead atoms. The Hall–Kier alpha value is -2.66. The quantitative estimate of drug-likeness (QED) is 0.694. The zero-order valence-corrected chi connectivity index (χ0v) is 12.5. The normalized spacial score (nSPS) is 10.5. The number of hydrogen-bond donors (Lipinski definition) is 0. The van der Waals surface area contributed by atoms with Crippen LogP contribution in [-0.2, 0) is 0 Å². The number of ketones is 1. The molecule has 0 aliphatic carbocycles. The molecule has 6 heteroatoms. The Kier molecular flexibility index (Phi) is 3.89.